The third kappa shape index (κ3) is 3.77. The lowest BCUT2D eigenvalue weighted by Gasteiger charge is -2.08. The standard InChI is InChI=1S/C14H15N3O2S2/c1-8-3-2-4-10(12(8)15)21-7-11(18)17-14-9(13(16)19)5-6-20-14/h2-6H,7,15H2,1H3,(H2,16,19)(H,17,18). The maximum absolute atomic E-state index is 11.9. The summed E-state index contributed by atoms with van der Waals surface area (Å²) in [6.07, 6.45) is 0. The number of primary amides is 1. The molecule has 7 heteroatoms. The Kier molecular flexibility index (Phi) is 4.87. The van der Waals surface area contributed by atoms with Gasteiger partial charge in [0.15, 0.2) is 0 Å². The number of amides is 2. The van der Waals surface area contributed by atoms with Gasteiger partial charge < -0.3 is 16.8 Å². The Balaban J connectivity index is 1.98. The molecule has 2 rings (SSSR count). The number of thioether (sulfide) groups is 1. The van der Waals surface area contributed by atoms with Crippen LogP contribution in [0.4, 0.5) is 10.7 Å². The third-order valence-corrected chi connectivity index (χ3v) is 4.73. The van der Waals surface area contributed by atoms with E-state index >= 15 is 0 Å². The Morgan fingerprint density at radius 1 is 1.33 bits per heavy atom. The number of nitrogen functional groups attached to an aromatic ring is 1. The van der Waals surface area contributed by atoms with Gasteiger partial charge in [-0.3, -0.25) is 9.59 Å². The summed E-state index contributed by atoms with van der Waals surface area (Å²) >= 11 is 2.62. The Hall–Kier alpha value is -1.99. The fourth-order valence-corrected chi connectivity index (χ4v) is 3.34. The van der Waals surface area contributed by atoms with Gasteiger partial charge in [-0.1, -0.05) is 12.1 Å². The molecule has 0 aliphatic heterocycles. The van der Waals surface area contributed by atoms with Crippen molar-refractivity contribution in [1.82, 2.24) is 0 Å². The zero-order valence-corrected chi connectivity index (χ0v) is 13.0. The summed E-state index contributed by atoms with van der Waals surface area (Å²) in [7, 11) is 0. The van der Waals surface area contributed by atoms with Gasteiger partial charge in [0, 0.05) is 10.6 Å². The third-order valence-electron chi connectivity index (χ3n) is 2.83. The molecule has 0 bridgehead atoms. The molecule has 2 aromatic rings. The largest absolute Gasteiger partial charge is 0.398 e. The number of carbonyl (C=O) groups excluding carboxylic acids is 2. The number of hydrogen-bond donors (Lipinski definition) is 3. The van der Waals surface area contributed by atoms with E-state index in [9.17, 15) is 9.59 Å². The zero-order valence-electron chi connectivity index (χ0n) is 11.4. The molecule has 0 atom stereocenters. The normalized spacial score (nSPS) is 10.3. The molecule has 0 spiro atoms. The van der Waals surface area contributed by atoms with E-state index in [0.29, 0.717) is 16.3 Å². The number of nitrogens with one attached hydrogen (secondary N) is 1. The highest BCUT2D eigenvalue weighted by Gasteiger charge is 2.13. The lowest BCUT2D eigenvalue weighted by atomic mass is 10.2. The van der Waals surface area contributed by atoms with Gasteiger partial charge >= 0.3 is 0 Å². The minimum Gasteiger partial charge on any atom is -0.398 e. The quantitative estimate of drug-likeness (QED) is 0.582. The first-order valence-corrected chi connectivity index (χ1v) is 8.00. The Bertz CT molecular complexity index is 683. The van der Waals surface area contributed by atoms with Crippen molar-refractivity contribution in [3.63, 3.8) is 0 Å². The number of hydrogen-bond acceptors (Lipinski definition) is 5. The number of carbonyl (C=O) groups is 2. The van der Waals surface area contributed by atoms with Crippen LogP contribution in [0.25, 0.3) is 0 Å². The van der Waals surface area contributed by atoms with Crippen molar-refractivity contribution in [1.29, 1.82) is 0 Å². The molecule has 0 fully saturated rings. The van der Waals surface area contributed by atoms with Crippen LogP contribution in [0.3, 0.4) is 0 Å². The smallest absolute Gasteiger partial charge is 0.251 e. The highest BCUT2D eigenvalue weighted by atomic mass is 32.2. The lowest BCUT2D eigenvalue weighted by molar-refractivity contribution is -0.113. The molecule has 5 nitrogen and oxygen atoms in total. The van der Waals surface area contributed by atoms with Gasteiger partial charge in [0.1, 0.15) is 5.00 Å². The molecule has 21 heavy (non-hydrogen) atoms. The summed E-state index contributed by atoms with van der Waals surface area (Å²) < 4.78 is 0. The number of anilines is 2. The van der Waals surface area contributed by atoms with Gasteiger partial charge in [-0.05, 0) is 30.0 Å². The molecule has 0 saturated carbocycles. The second-order valence-corrected chi connectivity index (χ2v) is 6.28. The number of thiophene rings is 1. The van der Waals surface area contributed by atoms with Gasteiger partial charge in [0.2, 0.25) is 5.91 Å². The molecule has 110 valence electrons. The average molecular weight is 321 g/mol. The van der Waals surface area contributed by atoms with Crippen molar-refractivity contribution in [2.24, 2.45) is 5.73 Å². The summed E-state index contributed by atoms with van der Waals surface area (Å²) in [6.45, 7) is 1.92. The minimum atomic E-state index is -0.554. The van der Waals surface area contributed by atoms with Crippen molar-refractivity contribution in [3.05, 3.63) is 40.8 Å². The van der Waals surface area contributed by atoms with Crippen molar-refractivity contribution in [2.75, 3.05) is 16.8 Å². The molecule has 1 aromatic heterocycles. The molecular formula is C14H15N3O2S2. The molecule has 2 amide bonds. The predicted molar refractivity (Wildman–Crippen MR) is 87.8 cm³/mol. The number of rotatable bonds is 5. The number of benzene rings is 1. The number of para-hydroxylation sites is 1. The van der Waals surface area contributed by atoms with Crippen molar-refractivity contribution < 1.29 is 9.59 Å². The van der Waals surface area contributed by atoms with Gasteiger partial charge in [-0.15, -0.1) is 23.1 Å². The molecule has 0 unspecified atom stereocenters. The SMILES string of the molecule is Cc1cccc(SCC(=O)Nc2sccc2C(N)=O)c1N. The predicted octanol–water partition coefficient (Wildman–Crippen LogP) is 2.47. The van der Waals surface area contributed by atoms with E-state index in [1.54, 1.807) is 11.4 Å². The molecular weight excluding hydrogens is 306 g/mol. The average Bonchev–Trinajstić information content (AvgIpc) is 2.88. The lowest BCUT2D eigenvalue weighted by Crippen LogP contribution is -2.17. The summed E-state index contributed by atoms with van der Waals surface area (Å²) in [6, 6.07) is 7.29. The van der Waals surface area contributed by atoms with E-state index < -0.39 is 5.91 Å². The molecule has 0 saturated heterocycles. The zero-order chi connectivity index (χ0) is 15.4. The summed E-state index contributed by atoms with van der Waals surface area (Å²) in [5.74, 6) is -0.544. The highest BCUT2D eigenvalue weighted by molar-refractivity contribution is 8.00. The molecule has 0 radical (unpaired) electrons. The van der Waals surface area contributed by atoms with Gasteiger partial charge in [-0.25, -0.2) is 0 Å². The molecule has 0 aliphatic rings. The summed E-state index contributed by atoms with van der Waals surface area (Å²) in [4.78, 5) is 24.0. The highest BCUT2D eigenvalue weighted by Crippen LogP contribution is 2.28. The molecule has 1 aromatic carbocycles. The van der Waals surface area contributed by atoms with E-state index in [1.807, 2.05) is 25.1 Å². The van der Waals surface area contributed by atoms with Crippen LogP contribution in [0.15, 0.2) is 34.5 Å². The first kappa shape index (κ1) is 15.4. The number of aryl methyl sites for hydroxylation is 1. The van der Waals surface area contributed by atoms with E-state index in [2.05, 4.69) is 5.32 Å². The van der Waals surface area contributed by atoms with E-state index in [1.165, 1.54) is 23.1 Å². The molecule has 5 N–H and O–H groups in total. The minimum absolute atomic E-state index is 0.203. The van der Waals surface area contributed by atoms with Crippen LogP contribution in [0.1, 0.15) is 15.9 Å². The van der Waals surface area contributed by atoms with Crippen LogP contribution >= 0.6 is 23.1 Å². The van der Waals surface area contributed by atoms with Crippen LogP contribution in [0, 0.1) is 6.92 Å². The Labute approximate surface area is 130 Å². The van der Waals surface area contributed by atoms with Gasteiger partial charge in [-0.2, -0.15) is 0 Å². The first-order chi connectivity index (χ1) is 9.99. The van der Waals surface area contributed by atoms with E-state index in [4.69, 9.17) is 11.5 Å². The topological polar surface area (TPSA) is 98.2 Å². The van der Waals surface area contributed by atoms with Crippen LogP contribution in [-0.2, 0) is 4.79 Å². The van der Waals surface area contributed by atoms with Crippen LogP contribution < -0.4 is 16.8 Å². The van der Waals surface area contributed by atoms with Gasteiger partial charge in [0.25, 0.3) is 5.91 Å². The second kappa shape index (κ2) is 6.64. The van der Waals surface area contributed by atoms with Gasteiger partial charge in [0.05, 0.1) is 11.3 Å². The van der Waals surface area contributed by atoms with Crippen molar-refractivity contribution in [3.8, 4) is 0 Å². The fraction of sp³-hybridized carbons (Fsp3) is 0.143. The maximum atomic E-state index is 11.9. The Morgan fingerprint density at radius 3 is 2.81 bits per heavy atom. The van der Waals surface area contributed by atoms with E-state index in [0.717, 1.165) is 10.5 Å². The summed E-state index contributed by atoms with van der Waals surface area (Å²) in [5.41, 5.74) is 13.2. The summed E-state index contributed by atoms with van der Waals surface area (Å²) in [5, 5.41) is 4.88. The van der Waals surface area contributed by atoms with E-state index in [-0.39, 0.29) is 11.7 Å². The first-order valence-electron chi connectivity index (χ1n) is 6.14. The van der Waals surface area contributed by atoms with Crippen LogP contribution in [0.2, 0.25) is 0 Å². The van der Waals surface area contributed by atoms with Crippen molar-refractivity contribution >= 4 is 45.6 Å². The molecule has 1 heterocycles. The second-order valence-electron chi connectivity index (χ2n) is 4.35. The van der Waals surface area contributed by atoms with Crippen molar-refractivity contribution in [2.45, 2.75) is 11.8 Å². The Morgan fingerprint density at radius 2 is 2.10 bits per heavy atom. The monoisotopic (exact) mass is 321 g/mol. The number of nitrogens with two attached hydrogens (primary N) is 2. The molecule has 0 aliphatic carbocycles. The fourth-order valence-electron chi connectivity index (χ4n) is 1.69. The van der Waals surface area contributed by atoms with Crippen LogP contribution in [-0.4, -0.2) is 17.6 Å². The maximum Gasteiger partial charge on any atom is 0.251 e. The van der Waals surface area contributed by atoms with Crippen LogP contribution in [0.5, 0.6) is 0 Å².